The molecule has 0 atom stereocenters. The van der Waals surface area contributed by atoms with Crippen LogP contribution in [0.2, 0.25) is 0 Å². The lowest BCUT2D eigenvalue weighted by Gasteiger charge is -2.56. The molecule has 0 radical (unpaired) electrons. The zero-order valence-corrected chi connectivity index (χ0v) is 18.1. The highest BCUT2D eigenvalue weighted by molar-refractivity contribution is 6.09. The predicted octanol–water partition coefficient (Wildman–Crippen LogP) is 1.19. The minimum atomic E-state index is -0.899. The van der Waals surface area contributed by atoms with Crippen LogP contribution in [0.5, 0.6) is 0 Å². The first-order valence-electron chi connectivity index (χ1n) is 11.7. The largest absolute Gasteiger partial charge is 0.454 e. The Labute approximate surface area is 186 Å². The van der Waals surface area contributed by atoms with Crippen molar-refractivity contribution in [3.63, 3.8) is 0 Å². The Morgan fingerprint density at radius 3 is 2.19 bits per heavy atom. The summed E-state index contributed by atoms with van der Waals surface area (Å²) >= 11 is 0. The minimum absolute atomic E-state index is 0.227. The number of amides is 6. The van der Waals surface area contributed by atoms with E-state index in [9.17, 15) is 24.0 Å². The van der Waals surface area contributed by atoms with Gasteiger partial charge in [-0.15, -0.1) is 0 Å². The molecule has 6 rings (SSSR count). The number of ether oxygens (including phenoxy) is 1. The lowest BCUT2D eigenvalue weighted by atomic mass is 9.53. The highest BCUT2D eigenvalue weighted by Gasteiger charge is 2.53. The highest BCUT2D eigenvalue weighted by atomic mass is 16.5. The van der Waals surface area contributed by atoms with Crippen LogP contribution in [0.15, 0.2) is 0 Å². The monoisotopic (exact) mass is 446 g/mol. The van der Waals surface area contributed by atoms with Crippen molar-refractivity contribution < 1.29 is 28.7 Å². The van der Waals surface area contributed by atoms with Crippen LogP contribution in [-0.4, -0.2) is 59.0 Å². The molecule has 5 saturated carbocycles. The van der Waals surface area contributed by atoms with Crippen molar-refractivity contribution in [1.82, 2.24) is 20.9 Å². The Kier molecular flexibility index (Phi) is 5.13. The summed E-state index contributed by atoms with van der Waals surface area (Å²) in [6, 6.07) is -1.18. The number of urea groups is 2. The molecule has 5 aliphatic carbocycles. The fourth-order valence-corrected chi connectivity index (χ4v) is 7.16. The normalized spacial score (nSPS) is 34.0. The van der Waals surface area contributed by atoms with Crippen molar-refractivity contribution in [2.75, 3.05) is 13.2 Å². The van der Waals surface area contributed by atoms with Gasteiger partial charge in [0.1, 0.15) is 12.1 Å². The van der Waals surface area contributed by atoms with Crippen molar-refractivity contribution in [3.05, 3.63) is 0 Å². The van der Waals surface area contributed by atoms with E-state index in [1.165, 1.54) is 19.3 Å². The molecule has 6 amide bonds. The van der Waals surface area contributed by atoms with E-state index in [1.807, 2.05) is 0 Å². The molecule has 4 bridgehead atoms. The smallest absolute Gasteiger partial charge is 0.326 e. The van der Waals surface area contributed by atoms with E-state index in [1.54, 1.807) is 0 Å². The van der Waals surface area contributed by atoms with Crippen molar-refractivity contribution in [1.29, 1.82) is 0 Å². The molecule has 174 valence electrons. The van der Waals surface area contributed by atoms with Gasteiger partial charge in [-0.05, 0) is 69.1 Å². The van der Waals surface area contributed by atoms with Crippen LogP contribution in [0.25, 0.3) is 0 Å². The minimum Gasteiger partial charge on any atom is -0.454 e. The van der Waals surface area contributed by atoms with E-state index in [-0.39, 0.29) is 5.54 Å². The maximum atomic E-state index is 12.6. The summed E-state index contributed by atoms with van der Waals surface area (Å²) in [5.74, 6) is -0.0622. The standard InChI is InChI=1S/C22H30N4O6/c27-16(23-19(30)24-21-8-13-5-14(9-21)7-15(6-13)10-21)12-32-17(28)11-26-18(29)22(25-20(26)31)3-1-2-4-22/h13-15H,1-12H2,(H,25,31)(H2,23,24,27,30). The van der Waals surface area contributed by atoms with Gasteiger partial charge in [-0.2, -0.15) is 0 Å². The van der Waals surface area contributed by atoms with Gasteiger partial charge in [0.25, 0.3) is 11.8 Å². The SMILES string of the molecule is O=C(COC(=O)CN1C(=O)NC2(CCCC2)C1=O)NC(=O)NC12CC3CC(CC(C3)C1)C2. The Hall–Kier alpha value is -2.65. The molecule has 6 fully saturated rings. The summed E-state index contributed by atoms with van der Waals surface area (Å²) < 4.78 is 4.90. The van der Waals surface area contributed by atoms with Crippen molar-refractivity contribution in [2.24, 2.45) is 17.8 Å². The second-order valence-corrected chi connectivity index (χ2v) is 10.5. The van der Waals surface area contributed by atoms with Gasteiger partial charge >= 0.3 is 18.0 Å². The first kappa shape index (κ1) is 21.2. The van der Waals surface area contributed by atoms with Gasteiger partial charge < -0.3 is 15.4 Å². The number of carbonyl (C=O) groups is 5. The Bertz CT molecular complexity index is 829. The van der Waals surface area contributed by atoms with Gasteiger partial charge in [0, 0.05) is 5.54 Å². The van der Waals surface area contributed by atoms with E-state index >= 15 is 0 Å². The maximum absolute atomic E-state index is 12.6. The number of esters is 1. The number of nitrogens with zero attached hydrogens (tertiary/aromatic N) is 1. The Morgan fingerprint density at radius 1 is 1.00 bits per heavy atom. The van der Waals surface area contributed by atoms with Crippen molar-refractivity contribution >= 4 is 29.8 Å². The van der Waals surface area contributed by atoms with Gasteiger partial charge in [-0.1, -0.05) is 12.8 Å². The topological polar surface area (TPSA) is 134 Å². The molecule has 0 aromatic carbocycles. The first-order chi connectivity index (χ1) is 15.3. The van der Waals surface area contributed by atoms with Gasteiger partial charge in [-0.3, -0.25) is 24.6 Å². The molecule has 1 aliphatic heterocycles. The molecule has 3 N–H and O–H groups in total. The average molecular weight is 447 g/mol. The second-order valence-electron chi connectivity index (χ2n) is 10.5. The zero-order chi connectivity index (χ0) is 22.5. The predicted molar refractivity (Wildman–Crippen MR) is 110 cm³/mol. The molecule has 1 spiro atoms. The van der Waals surface area contributed by atoms with E-state index in [2.05, 4.69) is 16.0 Å². The summed E-state index contributed by atoms with van der Waals surface area (Å²) in [6.07, 6.45) is 9.43. The molecule has 0 aromatic rings. The molecule has 0 aromatic heterocycles. The summed E-state index contributed by atoms with van der Waals surface area (Å²) in [6.45, 7) is -1.21. The van der Waals surface area contributed by atoms with Crippen LogP contribution in [0.1, 0.15) is 64.2 Å². The summed E-state index contributed by atoms with van der Waals surface area (Å²) in [5, 5.41) is 7.94. The quantitative estimate of drug-likeness (QED) is 0.429. The zero-order valence-electron chi connectivity index (χ0n) is 18.1. The Morgan fingerprint density at radius 2 is 1.59 bits per heavy atom. The van der Waals surface area contributed by atoms with Gasteiger partial charge in [0.05, 0.1) is 0 Å². The van der Waals surface area contributed by atoms with Crippen LogP contribution in [-0.2, 0) is 19.1 Å². The molecule has 10 nitrogen and oxygen atoms in total. The number of rotatable bonds is 5. The van der Waals surface area contributed by atoms with Gasteiger partial charge in [-0.25, -0.2) is 9.59 Å². The van der Waals surface area contributed by atoms with E-state index in [4.69, 9.17) is 4.74 Å². The fraction of sp³-hybridized carbons (Fsp3) is 0.773. The number of carbonyl (C=O) groups excluding carboxylic acids is 5. The third-order valence-corrected chi connectivity index (χ3v) is 8.02. The van der Waals surface area contributed by atoms with Gasteiger partial charge in [0.2, 0.25) is 0 Å². The van der Waals surface area contributed by atoms with Crippen molar-refractivity contribution in [3.8, 4) is 0 Å². The molecule has 6 aliphatic rings. The first-order valence-corrected chi connectivity index (χ1v) is 11.7. The summed E-state index contributed by atoms with van der Waals surface area (Å²) in [7, 11) is 0. The molecule has 1 heterocycles. The molecule has 0 unspecified atom stereocenters. The Balaban J connectivity index is 1.07. The number of hydrogen-bond acceptors (Lipinski definition) is 6. The van der Waals surface area contributed by atoms with Crippen LogP contribution in [0.4, 0.5) is 9.59 Å². The lowest BCUT2D eigenvalue weighted by Crippen LogP contribution is -2.62. The lowest BCUT2D eigenvalue weighted by molar-refractivity contribution is -0.150. The van der Waals surface area contributed by atoms with E-state index in [0.29, 0.717) is 30.6 Å². The fourth-order valence-electron chi connectivity index (χ4n) is 7.16. The maximum Gasteiger partial charge on any atom is 0.326 e. The van der Waals surface area contributed by atoms with Crippen molar-refractivity contribution in [2.45, 2.75) is 75.3 Å². The highest BCUT2D eigenvalue weighted by Crippen LogP contribution is 2.55. The molecule has 32 heavy (non-hydrogen) atoms. The molecular weight excluding hydrogens is 416 g/mol. The van der Waals surface area contributed by atoms with Crippen LogP contribution < -0.4 is 16.0 Å². The molecular formula is C22H30N4O6. The van der Waals surface area contributed by atoms with Crippen LogP contribution in [0.3, 0.4) is 0 Å². The summed E-state index contributed by atoms with van der Waals surface area (Å²) in [4.78, 5) is 62.1. The molecule has 1 saturated heterocycles. The van der Waals surface area contributed by atoms with E-state index < -0.39 is 48.5 Å². The third kappa shape index (κ3) is 3.84. The number of imide groups is 2. The van der Waals surface area contributed by atoms with Gasteiger partial charge in [0.15, 0.2) is 6.61 Å². The summed E-state index contributed by atoms with van der Waals surface area (Å²) in [5.41, 5.74) is -1.13. The average Bonchev–Trinajstić information content (AvgIpc) is 3.25. The second kappa shape index (κ2) is 7.74. The van der Waals surface area contributed by atoms with E-state index in [0.717, 1.165) is 37.0 Å². The number of nitrogens with one attached hydrogen (secondary N) is 3. The van der Waals surface area contributed by atoms with Crippen LogP contribution in [0, 0.1) is 17.8 Å². The van der Waals surface area contributed by atoms with Crippen LogP contribution >= 0.6 is 0 Å². The third-order valence-electron chi connectivity index (χ3n) is 8.02. The molecule has 10 heteroatoms. The number of hydrogen-bond donors (Lipinski definition) is 3.